The Balaban J connectivity index is 1.91. The fourth-order valence-electron chi connectivity index (χ4n) is 5.43. The molecule has 0 saturated carbocycles. The van der Waals surface area contributed by atoms with Crippen molar-refractivity contribution in [2.45, 2.75) is 105 Å². The average Bonchev–Trinajstić information content (AvgIpc) is 3.45. The monoisotopic (exact) mass is 531 g/mol. The van der Waals surface area contributed by atoms with Crippen LogP contribution in [0.3, 0.4) is 0 Å². The fourth-order valence-corrected chi connectivity index (χ4v) is 6.09. The molecule has 7 nitrogen and oxygen atoms in total. The third-order valence-corrected chi connectivity index (χ3v) is 10.0. The van der Waals surface area contributed by atoms with Crippen LogP contribution in [0.15, 0.2) is 11.0 Å². The van der Waals surface area contributed by atoms with Crippen LogP contribution >= 0.6 is 11.3 Å². The van der Waals surface area contributed by atoms with Gasteiger partial charge in [-0.2, -0.15) is 5.26 Å². The normalized spacial score (nSPS) is 35.8. The Morgan fingerprint density at radius 3 is 2.54 bits per heavy atom. The number of aromatic nitrogens is 1. The van der Waals surface area contributed by atoms with Crippen molar-refractivity contribution in [1.29, 1.82) is 5.26 Å². The number of ketones is 1. The maximum absolute atomic E-state index is 13.5. The zero-order chi connectivity index (χ0) is 27.7. The fraction of sp³-hybridized carbons (Fsp3) is 0.724. The predicted molar refractivity (Wildman–Crippen MR) is 142 cm³/mol. The van der Waals surface area contributed by atoms with E-state index in [1.165, 1.54) is 11.3 Å². The van der Waals surface area contributed by atoms with Gasteiger partial charge in [-0.3, -0.25) is 14.8 Å². The highest BCUT2D eigenvalue weighted by Crippen LogP contribution is 2.45. The van der Waals surface area contributed by atoms with Crippen LogP contribution in [0.4, 0.5) is 0 Å². The molecule has 3 rings (SSSR count). The van der Waals surface area contributed by atoms with Gasteiger partial charge in [-0.15, -0.1) is 0 Å². The first-order valence-corrected chi connectivity index (χ1v) is 14.3. The minimum atomic E-state index is -0.864. The highest BCUT2D eigenvalue weighted by atomic mass is 32.1. The molecular formula is C29H43N2O5S+. The predicted octanol–water partition coefficient (Wildman–Crippen LogP) is 5.66. The number of nitrogens with zero attached hydrogens (tertiary/aromatic N) is 2. The van der Waals surface area contributed by atoms with Crippen molar-refractivity contribution in [2.75, 3.05) is 0 Å². The SMILES string of the molecule is C/C(=C\c1csc(C)[n+]1O)[C@@H]1CC2O[C@@]2(C#N)CCC[C@H](C)[C@H](C)[C@@H](C)C(=O)C(C)(C)[C@@H](C)CC(=O)O1. The van der Waals surface area contributed by atoms with E-state index in [-0.39, 0.29) is 42.0 Å². The van der Waals surface area contributed by atoms with E-state index in [9.17, 15) is 20.1 Å². The summed E-state index contributed by atoms with van der Waals surface area (Å²) in [6, 6.07) is 2.37. The van der Waals surface area contributed by atoms with Crippen molar-refractivity contribution >= 4 is 29.2 Å². The Labute approximate surface area is 225 Å². The molecule has 8 heteroatoms. The first-order valence-electron chi connectivity index (χ1n) is 13.4. The van der Waals surface area contributed by atoms with E-state index >= 15 is 0 Å². The van der Waals surface area contributed by atoms with Gasteiger partial charge < -0.3 is 9.47 Å². The van der Waals surface area contributed by atoms with E-state index < -0.39 is 17.1 Å². The summed E-state index contributed by atoms with van der Waals surface area (Å²) >= 11 is 1.42. The minimum Gasteiger partial charge on any atom is -0.458 e. The summed E-state index contributed by atoms with van der Waals surface area (Å²) in [5.74, 6) is -0.0265. The summed E-state index contributed by atoms with van der Waals surface area (Å²) in [4.78, 5) is 26.7. The van der Waals surface area contributed by atoms with Crippen LogP contribution in [0.25, 0.3) is 6.08 Å². The van der Waals surface area contributed by atoms with Crippen molar-refractivity contribution in [3.8, 4) is 6.07 Å². The molecule has 1 unspecified atom stereocenters. The summed E-state index contributed by atoms with van der Waals surface area (Å²) in [5.41, 5.74) is -0.173. The molecule has 0 aromatic carbocycles. The number of nitriles is 1. The van der Waals surface area contributed by atoms with Gasteiger partial charge in [0.05, 0.1) is 5.38 Å². The van der Waals surface area contributed by atoms with Crippen molar-refractivity contribution in [3.63, 3.8) is 0 Å². The number of epoxide rings is 1. The molecule has 7 atom stereocenters. The second-order valence-corrected chi connectivity index (χ2v) is 13.0. The number of hydrogen-bond acceptors (Lipinski definition) is 7. The molecule has 1 aromatic rings. The lowest BCUT2D eigenvalue weighted by atomic mass is 9.67. The number of ether oxygens (including phenoxy) is 2. The summed E-state index contributed by atoms with van der Waals surface area (Å²) in [7, 11) is 0. The molecular weight excluding hydrogens is 488 g/mol. The minimum absolute atomic E-state index is 0.117. The van der Waals surface area contributed by atoms with Crippen LogP contribution in [-0.4, -0.2) is 34.8 Å². The van der Waals surface area contributed by atoms with E-state index in [2.05, 4.69) is 19.9 Å². The second kappa shape index (κ2) is 11.2. The van der Waals surface area contributed by atoms with Crippen LogP contribution in [0.5, 0.6) is 0 Å². The van der Waals surface area contributed by atoms with E-state index in [1.54, 1.807) is 6.08 Å². The lowest BCUT2D eigenvalue weighted by molar-refractivity contribution is -0.906. The molecule has 0 amide bonds. The number of fused-ring (bicyclic) bond motifs is 1. The van der Waals surface area contributed by atoms with Crippen molar-refractivity contribution in [1.82, 2.24) is 0 Å². The van der Waals surface area contributed by atoms with Crippen LogP contribution in [0.2, 0.25) is 0 Å². The lowest BCUT2D eigenvalue weighted by Crippen LogP contribution is -2.40. The van der Waals surface area contributed by atoms with Crippen molar-refractivity contribution in [3.05, 3.63) is 21.7 Å². The Kier molecular flexibility index (Phi) is 8.91. The van der Waals surface area contributed by atoms with Gasteiger partial charge in [0.1, 0.15) is 24.1 Å². The third-order valence-electron chi connectivity index (χ3n) is 9.13. The summed E-state index contributed by atoms with van der Waals surface area (Å²) in [6.45, 7) is 15.8. The molecule has 204 valence electrons. The number of thiazole rings is 1. The number of rotatable bonds is 2. The molecule has 0 aliphatic carbocycles. The van der Waals surface area contributed by atoms with Gasteiger partial charge in [0, 0.05) is 41.9 Å². The number of aryl methyl sites for hydroxylation is 1. The van der Waals surface area contributed by atoms with Crippen LogP contribution in [0, 0.1) is 47.3 Å². The quantitative estimate of drug-likeness (QED) is 0.229. The zero-order valence-electron chi connectivity index (χ0n) is 23.5. The molecule has 37 heavy (non-hydrogen) atoms. The Morgan fingerprint density at radius 2 is 1.95 bits per heavy atom. The van der Waals surface area contributed by atoms with Gasteiger partial charge >= 0.3 is 5.97 Å². The van der Waals surface area contributed by atoms with Crippen molar-refractivity contribution < 1.29 is 29.0 Å². The highest BCUT2D eigenvalue weighted by Gasteiger charge is 2.57. The third kappa shape index (κ3) is 6.26. The van der Waals surface area contributed by atoms with Crippen LogP contribution < -0.4 is 4.73 Å². The first kappa shape index (κ1) is 29.3. The smallest absolute Gasteiger partial charge is 0.306 e. The average molecular weight is 532 g/mol. The lowest BCUT2D eigenvalue weighted by Gasteiger charge is -2.36. The number of cyclic esters (lactones) is 1. The van der Waals surface area contributed by atoms with Gasteiger partial charge in [0.15, 0.2) is 5.60 Å². The van der Waals surface area contributed by atoms with E-state index in [4.69, 9.17) is 9.47 Å². The second-order valence-electron chi connectivity index (χ2n) is 11.9. The number of hydrogen-bond donors (Lipinski definition) is 1. The molecule has 3 heterocycles. The van der Waals surface area contributed by atoms with Gasteiger partial charge in [-0.1, -0.05) is 59.3 Å². The molecule has 2 fully saturated rings. The highest BCUT2D eigenvalue weighted by molar-refractivity contribution is 7.09. The van der Waals surface area contributed by atoms with Gasteiger partial charge in [0.25, 0.3) is 10.7 Å². The molecule has 2 aliphatic rings. The van der Waals surface area contributed by atoms with E-state index in [0.29, 0.717) is 24.5 Å². The largest absolute Gasteiger partial charge is 0.458 e. The van der Waals surface area contributed by atoms with Gasteiger partial charge in [-0.25, -0.2) is 0 Å². The summed E-state index contributed by atoms with van der Waals surface area (Å²) in [5, 5.41) is 22.8. The molecule has 0 bridgehead atoms. The standard InChI is InChI=1S/C29H43N2O5S/c1-17-10-9-11-29(16-30)25(36-29)14-24(18(2)12-23-15-37-22(6)31(23)34)35-26(32)13-19(3)28(7,8)27(33)21(5)20(17)4/h12,15,17,19-21,24-25,34H,9-11,13-14H2,1-8H3/q+1/b18-12+/t17-,19-,20-,21+,24-,25?,29+/m0/s1. The molecule has 2 saturated heterocycles. The number of carbonyl (C=O) groups excluding carboxylic acids is 2. The van der Waals surface area contributed by atoms with Crippen LogP contribution in [0.1, 0.15) is 91.3 Å². The molecule has 0 radical (unpaired) electrons. The van der Waals surface area contributed by atoms with E-state index in [0.717, 1.165) is 28.2 Å². The number of esters is 1. The van der Waals surface area contributed by atoms with E-state index in [1.807, 2.05) is 46.9 Å². The zero-order valence-corrected chi connectivity index (χ0v) is 24.4. The Bertz CT molecular complexity index is 1090. The molecule has 1 aromatic heterocycles. The molecule has 0 spiro atoms. The summed E-state index contributed by atoms with van der Waals surface area (Å²) in [6.07, 6.45) is 3.72. The summed E-state index contributed by atoms with van der Waals surface area (Å²) < 4.78 is 13.0. The Morgan fingerprint density at radius 1 is 1.27 bits per heavy atom. The molecule has 1 N–H and O–H groups in total. The topological polar surface area (TPSA) is 104 Å². The maximum Gasteiger partial charge on any atom is 0.306 e. The van der Waals surface area contributed by atoms with Crippen molar-refractivity contribution in [2.24, 2.45) is 29.1 Å². The number of carbonyl (C=O) groups is 2. The van der Waals surface area contributed by atoms with Crippen LogP contribution in [-0.2, 0) is 19.1 Å². The maximum atomic E-state index is 13.5. The Hall–Kier alpha value is -2.24. The molecule has 2 aliphatic heterocycles. The first-order chi connectivity index (χ1) is 17.2. The van der Waals surface area contributed by atoms with Gasteiger partial charge in [-0.05, 0) is 43.1 Å². The van der Waals surface area contributed by atoms with Gasteiger partial charge in [0.2, 0.25) is 0 Å². The number of Topliss-reactive ketones (excluding diaryl/α,β-unsaturated/α-hetero) is 1.